The van der Waals surface area contributed by atoms with Gasteiger partial charge < -0.3 is 4.57 Å². The van der Waals surface area contributed by atoms with Crippen LogP contribution in [0.25, 0.3) is 0 Å². The molecule has 0 saturated heterocycles. The Morgan fingerprint density at radius 3 is 2.78 bits per heavy atom. The van der Waals surface area contributed by atoms with Crippen LogP contribution < -0.4 is 0 Å². The van der Waals surface area contributed by atoms with Gasteiger partial charge in [0.1, 0.15) is 0 Å². The van der Waals surface area contributed by atoms with Gasteiger partial charge in [0.2, 0.25) is 0 Å². The molecule has 18 heavy (non-hydrogen) atoms. The van der Waals surface area contributed by atoms with E-state index in [-0.39, 0.29) is 0 Å². The maximum atomic E-state index is 4.16. The SMILES string of the molecule is CCCCC(CCC1CCCC1)Cn1ccnc1. The molecule has 1 aliphatic rings. The molecule has 1 unspecified atom stereocenters. The summed E-state index contributed by atoms with van der Waals surface area (Å²) < 4.78 is 2.26. The summed E-state index contributed by atoms with van der Waals surface area (Å²) in [4.78, 5) is 4.16. The highest BCUT2D eigenvalue weighted by atomic mass is 15.0. The van der Waals surface area contributed by atoms with Crippen LogP contribution in [-0.2, 0) is 6.54 Å². The Morgan fingerprint density at radius 1 is 1.28 bits per heavy atom. The first-order valence-electron chi connectivity index (χ1n) is 7.84. The zero-order valence-electron chi connectivity index (χ0n) is 11.9. The molecule has 1 aromatic rings. The Morgan fingerprint density at radius 2 is 2.11 bits per heavy atom. The topological polar surface area (TPSA) is 17.8 Å². The van der Waals surface area contributed by atoms with Crippen LogP contribution in [-0.4, -0.2) is 9.55 Å². The highest BCUT2D eigenvalue weighted by Gasteiger charge is 2.17. The predicted octanol–water partition coefficient (Wildman–Crippen LogP) is 4.66. The van der Waals surface area contributed by atoms with E-state index in [0.29, 0.717) is 0 Å². The summed E-state index contributed by atoms with van der Waals surface area (Å²) >= 11 is 0. The largest absolute Gasteiger partial charge is 0.337 e. The third-order valence-electron chi connectivity index (χ3n) is 4.45. The maximum absolute atomic E-state index is 4.16. The molecule has 1 heterocycles. The van der Waals surface area contributed by atoms with Crippen LogP contribution in [0.5, 0.6) is 0 Å². The van der Waals surface area contributed by atoms with Crippen molar-refractivity contribution in [3.8, 4) is 0 Å². The molecular weight excluding hydrogens is 220 g/mol. The van der Waals surface area contributed by atoms with E-state index >= 15 is 0 Å². The lowest BCUT2D eigenvalue weighted by Gasteiger charge is -2.19. The molecule has 0 N–H and O–H groups in total. The van der Waals surface area contributed by atoms with Crippen molar-refractivity contribution in [1.82, 2.24) is 9.55 Å². The lowest BCUT2D eigenvalue weighted by atomic mass is 9.91. The van der Waals surface area contributed by atoms with E-state index < -0.39 is 0 Å². The van der Waals surface area contributed by atoms with Gasteiger partial charge in [-0.3, -0.25) is 0 Å². The molecule has 1 aliphatic carbocycles. The van der Waals surface area contributed by atoms with Gasteiger partial charge in [-0.2, -0.15) is 0 Å². The summed E-state index contributed by atoms with van der Waals surface area (Å²) in [6.07, 6.45) is 18.9. The number of rotatable bonds is 8. The van der Waals surface area contributed by atoms with Crippen LogP contribution in [0.4, 0.5) is 0 Å². The number of nitrogens with zero attached hydrogens (tertiary/aromatic N) is 2. The van der Waals surface area contributed by atoms with E-state index in [9.17, 15) is 0 Å². The summed E-state index contributed by atoms with van der Waals surface area (Å²) in [5, 5.41) is 0. The second kappa shape index (κ2) is 7.60. The molecule has 0 radical (unpaired) electrons. The number of unbranched alkanes of at least 4 members (excludes halogenated alkanes) is 1. The highest BCUT2D eigenvalue weighted by Crippen LogP contribution is 2.31. The molecule has 102 valence electrons. The molecule has 1 fully saturated rings. The van der Waals surface area contributed by atoms with Gasteiger partial charge in [0, 0.05) is 18.9 Å². The Hall–Kier alpha value is -0.790. The van der Waals surface area contributed by atoms with E-state index in [1.165, 1.54) is 64.3 Å². The Kier molecular flexibility index (Phi) is 5.76. The van der Waals surface area contributed by atoms with Gasteiger partial charge in [0.25, 0.3) is 0 Å². The first-order chi connectivity index (χ1) is 8.88. The Bertz CT molecular complexity index is 299. The zero-order valence-corrected chi connectivity index (χ0v) is 11.9. The predicted molar refractivity (Wildman–Crippen MR) is 76.4 cm³/mol. The van der Waals surface area contributed by atoms with Gasteiger partial charge in [0.15, 0.2) is 0 Å². The van der Waals surface area contributed by atoms with Gasteiger partial charge >= 0.3 is 0 Å². The number of aromatic nitrogens is 2. The summed E-state index contributed by atoms with van der Waals surface area (Å²) in [6.45, 7) is 3.47. The second-order valence-corrected chi connectivity index (χ2v) is 6.00. The van der Waals surface area contributed by atoms with Crippen molar-refractivity contribution in [2.24, 2.45) is 11.8 Å². The quantitative estimate of drug-likeness (QED) is 0.654. The molecule has 1 atom stereocenters. The first kappa shape index (κ1) is 13.6. The van der Waals surface area contributed by atoms with Gasteiger partial charge in [-0.25, -0.2) is 4.98 Å². The van der Waals surface area contributed by atoms with Crippen molar-refractivity contribution in [2.45, 2.75) is 71.3 Å². The van der Waals surface area contributed by atoms with Crippen LogP contribution in [0, 0.1) is 11.8 Å². The Balaban J connectivity index is 1.76. The van der Waals surface area contributed by atoms with Crippen molar-refractivity contribution in [3.63, 3.8) is 0 Å². The minimum Gasteiger partial charge on any atom is -0.337 e. The van der Waals surface area contributed by atoms with Crippen molar-refractivity contribution in [1.29, 1.82) is 0 Å². The summed E-state index contributed by atoms with van der Waals surface area (Å²) in [6, 6.07) is 0. The van der Waals surface area contributed by atoms with E-state index in [0.717, 1.165) is 11.8 Å². The number of hydrogen-bond acceptors (Lipinski definition) is 1. The van der Waals surface area contributed by atoms with Crippen LogP contribution in [0.15, 0.2) is 18.7 Å². The van der Waals surface area contributed by atoms with Gasteiger partial charge in [0.05, 0.1) is 6.33 Å². The second-order valence-electron chi connectivity index (χ2n) is 6.00. The maximum Gasteiger partial charge on any atom is 0.0945 e. The molecule has 2 heteroatoms. The molecule has 0 aliphatic heterocycles. The van der Waals surface area contributed by atoms with E-state index in [1.54, 1.807) is 0 Å². The van der Waals surface area contributed by atoms with E-state index in [2.05, 4.69) is 22.7 Å². The third kappa shape index (κ3) is 4.47. The molecule has 2 nitrogen and oxygen atoms in total. The van der Waals surface area contributed by atoms with Crippen molar-refractivity contribution < 1.29 is 0 Å². The lowest BCUT2D eigenvalue weighted by molar-refractivity contribution is 0.335. The lowest BCUT2D eigenvalue weighted by Crippen LogP contribution is -2.11. The van der Waals surface area contributed by atoms with Crippen LogP contribution in [0.3, 0.4) is 0 Å². The standard InChI is InChI=1S/C16H28N2/c1-2-3-6-16(13-18-12-11-17-14-18)10-9-15-7-4-5-8-15/h11-12,14-16H,2-10,13H2,1H3. The molecule has 0 aromatic carbocycles. The fraction of sp³-hybridized carbons (Fsp3) is 0.812. The summed E-state index contributed by atoms with van der Waals surface area (Å²) in [5.74, 6) is 1.90. The first-order valence-corrected chi connectivity index (χ1v) is 7.84. The van der Waals surface area contributed by atoms with Crippen molar-refractivity contribution >= 4 is 0 Å². The van der Waals surface area contributed by atoms with Crippen LogP contribution in [0.1, 0.15) is 64.7 Å². The molecular formula is C16H28N2. The van der Waals surface area contributed by atoms with Crippen LogP contribution >= 0.6 is 0 Å². The average Bonchev–Trinajstić information content (AvgIpc) is 3.05. The Labute approximate surface area is 112 Å². The smallest absolute Gasteiger partial charge is 0.0945 e. The molecule has 0 amide bonds. The minimum atomic E-state index is 0.861. The van der Waals surface area contributed by atoms with Crippen LogP contribution in [0.2, 0.25) is 0 Å². The fourth-order valence-electron chi connectivity index (χ4n) is 3.28. The average molecular weight is 248 g/mol. The third-order valence-corrected chi connectivity index (χ3v) is 4.45. The van der Waals surface area contributed by atoms with E-state index in [4.69, 9.17) is 0 Å². The monoisotopic (exact) mass is 248 g/mol. The normalized spacial score (nSPS) is 18.3. The molecule has 1 aromatic heterocycles. The van der Waals surface area contributed by atoms with Crippen molar-refractivity contribution in [3.05, 3.63) is 18.7 Å². The molecule has 0 spiro atoms. The van der Waals surface area contributed by atoms with Gasteiger partial charge in [-0.05, 0) is 24.7 Å². The summed E-state index contributed by atoms with van der Waals surface area (Å²) in [7, 11) is 0. The minimum absolute atomic E-state index is 0.861. The van der Waals surface area contributed by atoms with E-state index in [1.807, 2.05) is 12.5 Å². The molecule has 0 bridgehead atoms. The number of hydrogen-bond donors (Lipinski definition) is 0. The molecule has 2 rings (SSSR count). The zero-order chi connectivity index (χ0) is 12.6. The van der Waals surface area contributed by atoms with Crippen molar-refractivity contribution in [2.75, 3.05) is 0 Å². The highest BCUT2D eigenvalue weighted by molar-refractivity contribution is 4.77. The fourth-order valence-corrected chi connectivity index (χ4v) is 3.28. The van der Waals surface area contributed by atoms with Gasteiger partial charge in [-0.15, -0.1) is 0 Å². The molecule has 1 saturated carbocycles. The van der Waals surface area contributed by atoms with Gasteiger partial charge in [-0.1, -0.05) is 51.9 Å². The summed E-state index contributed by atoms with van der Waals surface area (Å²) in [5.41, 5.74) is 0. The number of imidazole rings is 1.